The lowest BCUT2D eigenvalue weighted by atomic mass is 10.4. The Hall–Kier alpha value is -1.10. The lowest BCUT2D eigenvalue weighted by Crippen LogP contribution is -2.53. The summed E-state index contributed by atoms with van der Waals surface area (Å²) < 4.78 is 0.245. The number of rotatable bonds is 2. The summed E-state index contributed by atoms with van der Waals surface area (Å²) in [7, 11) is 1.78. The molecule has 1 aliphatic rings. The number of carboxylic acids is 1. The summed E-state index contributed by atoms with van der Waals surface area (Å²) in [6, 6.07) is 0. The van der Waals surface area contributed by atoms with E-state index < -0.39 is 5.97 Å². The molecule has 0 aliphatic carbocycles. The average molecular weight is 158 g/mol. The zero-order chi connectivity index (χ0) is 8.48. The second kappa shape index (κ2) is 2.50. The fraction of sp³-hybridized carbons (Fsp3) is 0.667. The molecule has 1 atom stereocenters. The zero-order valence-corrected chi connectivity index (χ0v) is 6.45. The number of likely N-dealkylation sites (N-methyl/N-ethyl adjacent to an activating group) is 1. The van der Waals surface area contributed by atoms with Crippen molar-refractivity contribution in [1.82, 2.24) is 0 Å². The van der Waals surface area contributed by atoms with Crippen LogP contribution in [0.15, 0.2) is 4.99 Å². The molecule has 62 valence electrons. The van der Waals surface area contributed by atoms with Crippen molar-refractivity contribution in [3.05, 3.63) is 0 Å². The number of nitrogens with zero attached hydrogens (tertiary/aromatic N) is 2. The van der Waals surface area contributed by atoms with Crippen molar-refractivity contribution in [2.24, 2.45) is 10.7 Å². The van der Waals surface area contributed by atoms with Crippen LogP contribution < -0.4 is 5.73 Å². The van der Waals surface area contributed by atoms with Crippen LogP contribution in [-0.2, 0) is 4.79 Å². The third kappa shape index (κ3) is 1.48. The largest absolute Gasteiger partial charge is 0.477 e. The van der Waals surface area contributed by atoms with Gasteiger partial charge in [0.2, 0.25) is 0 Å². The molecule has 3 N–H and O–H groups in total. The predicted octanol–water partition coefficient (Wildman–Crippen LogP) is -1.15. The highest BCUT2D eigenvalue weighted by molar-refractivity contribution is 5.76. The maximum Gasteiger partial charge on any atom is 0.359 e. The first-order valence-electron chi connectivity index (χ1n) is 3.41. The van der Waals surface area contributed by atoms with E-state index in [1.54, 1.807) is 7.05 Å². The van der Waals surface area contributed by atoms with Gasteiger partial charge in [-0.25, -0.2) is 9.79 Å². The first kappa shape index (κ1) is 8.00. The molecule has 0 aromatic rings. The van der Waals surface area contributed by atoms with E-state index in [1.165, 1.54) is 0 Å². The van der Waals surface area contributed by atoms with Crippen molar-refractivity contribution in [2.45, 2.75) is 0 Å². The Bertz CT molecular complexity index is 214. The highest BCUT2D eigenvalue weighted by Gasteiger charge is 2.33. The van der Waals surface area contributed by atoms with Crippen LogP contribution in [0.3, 0.4) is 0 Å². The third-order valence-electron chi connectivity index (χ3n) is 1.90. The van der Waals surface area contributed by atoms with Gasteiger partial charge in [0.1, 0.15) is 6.54 Å². The molecule has 0 aromatic carbocycles. The lowest BCUT2D eigenvalue weighted by Gasteiger charge is -2.24. The van der Waals surface area contributed by atoms with Crippen molar-refractivity contribution < 1.29 is 14.4 Å². The van der Waals surface area contributed by atoms with E-state index in [-0.39, 0.29) is 11.0 Å². The summed E-state index contributed by atoms with van der Waals surface area (Å²) in [4.78, 5) is 14.3. The summed E-state index contributed by atoms with van der Waals surface area (Å²) in [5.41, 5.74) is 5.52. The number of guanidine groups is 1. The number of carbonyl (C=O) groups is 1. The molecule has 5 heteroatoms. The number of aliphatic imine (C=N–C) groups is 1. The third-order valence-corrected chi connectivity index (χ3v) is 1.90. The van der Waals surface area contributed by atoms with Crippen molar-refractivity contribution in [3.63, 3.8) is 0 Å². The molecule has 1 rings (SSSR count). The summed E-state index contributed by atoms with van der Waals surface area (Å²) in [5, 5.41) is 8.53. The van der Waals surface area contributed by atoms with Crippen molar-refractivity contribution in [1.29, 1.82) is 0 Å². The predicted molar refractivity (Wildman–Crippen MR) is 40.0 cm³/mol. The van der Waals surface area contributed by atoms with Gasteiger partial charge in [-0.1, -0.05) is 0 Å². The van der Waals surface area contributed by atoms with E-state index in [2.05, 4.69) is 4.99 Å². The minimum atomic E-state index is -0.840. The minimum absolute atomic E-state index is 0.0231. The first-order chi connectivity index (χ1) is 5.04. The Morgan fingerprint density at radius 3 is 2.91 bits per heavy atom. The van der Waals surface area contributed by atoms with E-state index in [4.69, 9.17) is 10.8 Å². The highest BCUT2D eigenvalue weighted by Crippen LogP contribution is 2.07. The molecule has 1 unspecified atom stereocenters. The van der Waals surface area contributed by atoms with Crippen LogP contribution in [-0.4, -0.2) is 48.2 Å². The van der Waals surface area contributed by atoms with E-state index in [0.717, 1.165) is 0 Å². The van der Waals surface area contributed by atoms with Gasteiger partial charge in [-0.15, -0.1) is 0 Å². The molecule has 0 amide bonds. The monoisotopic (exact) mass is 158 g/mol. The van der Waals surface area contributed by atoms with Crippen LogP contribution in [0.25, 0.3) is 0 Å². The smallest absolute Gasteiger partial charge is 0.359 e. The Morgan fingerprint density at radius 2 is 2.55 bits per heavy atom. The van der Waals surface area contributed by atoms with Gasteiger partial charge in [0.05, 0.1) is 13.6 Å². The van der Waals surface area contributed by atoms with E-state index in [9.17, 15) is 4.79 Å². The molecule has 0 saturated carbocycles. The van der Waals surface area contributed by atoms with Gasteiger partial charge < -0.3 is 10.8 Å². The molecular weight excluding hydrogens is 146 g/mol. The van der Waals surface area contributed by atoms with Crippen molar-refractivity contribution in [2.75, 3.05) is 26.7 Å². The Morgan fingerprint density at radius 1 is 1.91 bits per heavy atom. The molecule has 0 fully saturated rings. The van der Waals surface area contributed by atoms with E-state index >= 15 is 0 Å². The minimum Gasteiger partial charge on any atom is -0.477 e. The molecule has 0 saturated heterocycles. The molecule has 1 heterocycles. The van der Waals surface area contributed by atoms with Gasteiger partial charge in [0, 0.05) is 0 Å². The van der Waals surface area contributed by atoms with Gasteiger partial charge in [-0.3, -0.25) is 4.48 Å². The first-order valence-corrected chi connectivity index (χ1v) is 3.41. The van der Waals surface area contributed by atoms with Gasteiger partial charge in [0.15, 0.2) is 6.54 Å². The number of hydrogen-bond donors (Lipinski definition) is 2. The lowest BCUT2D eigenvalue weighted by molar-refractivity contribution is -0.807. The summed E-state index contributed by atoms with van der Waals surface area (Å²) in [6.07, 6.45) is 0. The summed E-state index contributed by atoms with van der Waals surface area (Å²) in [5.74, 6) is -0.417. The zero-order valence-electron chi connectivity index (χ0n) is 6.45. The van der Waals surface area contributed by atoms with Gasteiger partial charge in [-0.2, -0.15) is 0 Å². The standard InChI is InChI=1S/C6H11N3O2/c1-9(4-5(10)11)3-2-8-6(9)7/h2-4H2,1H3,(H2-,7,8,10,11)/p+1. The van der Waals surface area contributed by atoms with Gasteiger partial charge in [0.25, 0.3) is 5.96 Å². The fourth-order valence-corrected chi connectivity index (χ4v) is 1.13. The van der Waals surface area contributed by atoms with E-state index in [0.29, 0.717) is 19.0 Å². The van der Waals surface area contributed by atoms with Crippen LogP contribution in [0.1, 0.15) is 0 Å². The van der Waals surface area contributed by atoms with Gasteiger partial charge in [-0.05, 0) is 0 Å². The van der Waals surface area contributed by atoms with Crippen LogP contribution in [0, 0.1) is 0 Å². The fourth-order valence-electron chi connectivity index (χ4n) is 1.13. The van der Waals surface area contributed by atoms with E-state index in [1.807, 2.05) is 0 Å². The second-order valence-corrected chi connectivity index (χ2v) is 2.91. The number of carboxylic acid groups (broad SMARTS) is 1. The van der Waals surface area contributed by atoms with Gasteiger partial charge >= 0.3 is 5.97 Å². The number of hydrogen-bond acceptors (Lipinski definition) is 3. The van der Waals surface area contributed by atoms with Crippen LogP contribution in [0.5, 0.6) is 0 Å². The maximum absolute atomic E-state index is 10.4. The van der Waals surface area contributed by atoms with Crippen molar-refractivity contribution >= 4 is 11.9 Å². The number of quaternary nitrogens is 1. The average Bonchev–Trinajstić information content (AvgIpc) is 2.11. The Balaban J connectivity index is 2.67. The van der Waals surface area contributed by atoms with Crippen LogP contribution in [0.4, 0.5) is 0 Å². The highest BCUT2D eigenvalue weighted by atomic mass is 16.4. The van der Waals surface area contributed by atoms with Crippen molar-refractivity contribution in [3.8, 4) is 0 Å². The molecule has 0 aromatic heterocycles. The maximum atomic E-state index is 10.4. The molecular formula is C6H12N3O2+. The number of aliphatic carboxylic acids is 1. The summed E-state index contributed by atoms with van der Waals surface area (Å²) in [6.45, 7) is 1.35. The SMILES string of the molecule is C[N+]1(CC(=O)O)CCN=C1N. The molecule has 5 nitrogen and oxygen atoms in total. The summed E-state index contributed by atoms with van der Waals surface area (Å²) >= 11 is 0. The topological polar surface area (TPSA) is 75.7 Å². The molecule has 0 spiro atoms. The molecule has 0 radical (unpaired) electrons. The Kier molecular flexibility index (Phi) is 1.82. The molecule has 11 heavy (non-hydrogen) atoms. The molecule has 1 aliphatic heterocycles. The van der Waals surface area contributed by atoms with Crippen LogP contribution >= 0.6 is 0 Å². The second-order valence-electron chi connectivity index (χ2n) is 2.91. The molecule has 0 bridgehead atoms. The normalized spacial score (nSPS) is 30.1. The van der Waals surface area contributed by atoms with Crippen LogP contribution in [0.2, 0.25) is 0 Å². The number of nitrogens with two attached hydrogens (primary N) is 1. The Labute approximate surface area is 64.7 Å². The quantitative estimate of drug-likeness (QED) is 0.498.